The number of ether oxygens (including phenoxy) is 1. The zero-order chi connectivity index (χ0) is 12.4. The molecule has 1 amide bonds. The van der Waals surface area contributed by atoms with Crippen LogP contribution in [0.3, 0.4) is 0 Å². The topological polar surface area (TPSA) is 29.5 Å². The number of benzene rings is 1. The van der Waals surface area contributed by atoms with E-state index in [1.54, 1.807) is 13.2 Å². The van der Waals surface area contributed by atoms with E-state index in [1.165, 1.54) is 6.42 Å². The van der Waals surface area contributed by atoms with Gasteiger partial charge in [0.15, 0.2) is 0 Å². The molecule has 3 nitrogen and oxygen atoms in total. The van der Waals surface area contributed by atoms with E-state index in [9.17, 15) is 4.79 Å². The van der Waals surface area contributed by atoms with Gasteiger partial charge in [0.2, 0.25) is 0 Å². The van der Waals surface area contributed by atoms with E-state index >= 15 is 0 Å². The number of hydrogen-bond donors (Lipinski definition) is 0. The minimum Gasteiger partial charge on any atom is -0.496 e. The van der Waals surface area contributed by atoms with Gasteiger partial charge < -0.3 is 9.64 Å². The highest BCUT2D eigenvalue weighted by Gasteiger charge is 2.27. The third-order valence-corrected chi connectivity index (χ3v) is 3.83. The number of halogens is 1. The van der Waals surface area contributed by atoms with E-state index in [4.69, 9.17) is 4.74 Å². The van der Waals surface area contributed by atoms with Crippen molar-refractivity contribution in [2.75, 3.05) is 14.2 Å². The van der Waals surface area contributed by atoms with Crippen molar-refractivity contribution < 1.29 is 9.53 Å². The molecule has 0 heterocycles. The van der Waals surface area contributed by atoms with Crippen molar-refractivity contribution in [2.45, 2.75) is 25.3 Å². The lowest BCUT2D eigenvalue weighted by molar-refractivity contribution is 0.0648. The summed E-state index contributed by atoms with van der Waals surface area (Å²) in [5, 5.41) is 0. The summed E-state index contributed by atoms with van der Waals surface area (Å²) in [7, 11) is 3.45. The van der Waals surface area contributed by atoms with Crippen molar-refractivity contribution in [1.82, 2.24) is 4.90 Å². The molecule has 0 unspecified atom stereocenters. The van der Waals surface area contributed by atoms with E-state index in [-0.39, 0.29) is 5.91 Å². The van der Waals surface area contributed by atoms with E-state index in [2.05, 4.69) is 15.9 Å². The maximum absolute atomic E-state index is 12.3. The van der Waals surface area contributed by atoms with Crippen LogP contribution in [0.4, 0.5) is 0 Å². The molecule has 1 aliphatic rings. The normalized spacial score (nSPS) is 15.2. The van der Waals surface area contributed by atoms with Gasteiger partial charge >= 0.3 is 0 Å². The van der Waals surface area contributed by atoms with Gasteiger partial charge in [-0.25, -0.2) is 0 Å². The number of nitrogens with zero attached hydrogens (tertiary/aromatic N) is 1. The molecule has 17 heavy (non-hydrogen) atoms. The van der Waals surface area contributed by atoms with E-state index in [0.717, 1.165) is 17.3 Å². The quantitative estimate of drug-likeness (QED) is 0.858. The zero-order valence-electron chi connectivity index (χ0n) is 10.1. The van der Waals surface area contributed by atoms with Gasteiger partial charge in [-0.05, 0) is 37.5 Å². The summed E-state index contributed by atoms with van der Waals surface area (Å²) in [6, 6.07) is 5.89. The number of carbonyl (C=O) groups is 1. The van der Waals surface area contributed by atoms with Crippen LogP contribution in [0.5, 0.6) is 5.75 Å². The molecule has 1 aromatic carbocycles. The summed E-state index contributed by atoms with van der Waals surface area (Å²) in [4.78, 5) is 14.1. The SMILES string of the molecule is COc1cc(Br)ccc1C(=O)N(C)C1CCC1. The largest absolute Gasteiger partial charge is 0.496 e. The van der Waals surface area contributed by atoms with Crippen LogP contribution in [0.1, 0.15) is 29.6 Å². The van der Waals surface area contributed by atoms with Gasteiger partial charge in [0.1, 0.15) is 5.75 Å². The highest BCUT2D eigenvalue weighted by Crippen LogP contribution is 2.28. The smallest absolute Gasteiger partial charge is 0.257 e. The lowest BCUT2D eigenvalue weighted by Crippen LogP contribution is -2.41. The van der Waals surface area contributed by atoms with E-state index in [1.807, 2.05) is 24.1 Å². The van der Waals surface area contributed by atoms with Crippen LogP contribution >= 0.6 is 15.9 Å². The lowest BCUT2D eigenvalue weighted by atomic mass is 9.91. The van der Waals surface area contributed by atoms with Gasteiger partial charge in [0, 0.05) is 17.6 Å². The van der Waals surface area contributed by atoms with Gasteiger partial charge in [0.25, 0.3) is 5.91 Å². The Morgan fingerprint density at radius 2 is 2.18 bits per heavy atom. The predicted octanol–water partition coefficient (Wildman–Crippen LogP) is 3.08. The molecule has 0 saturated heterocycles. The third-order valence-electron chi connectivity index (χ3n) is 3.34. The van der Waals surface area contributed by atoms with Crippen molar-refractivity contribution in [2.24, 2.45) is 0 Å². The first kappa shape index (κ1) is 12.4. The van der Waals surface area contributed by atoms with Gasteiger partial charge in [0.05, 0.1) is 12.7 Å². The van der Waals surface area contributed by atoms with Crippen molar-refractivity contribution in [3.8, 4) is 5.75 Å². The minimum absolute atomic E-state index is 0.0408. The molecule has 0 aromatic heterocycles. The third kappa shape index (κ3) is 2.46. The first-order chi connectivity index (χ1) is 8.13. The van der Waals surface area contributed by atoms with Gasteiger partial charge in [-0.1, -0.05) is 15.9 Å². The van der Waals surface area contributed by atoms with Gasteiger partial charge in [-0.2, -0.15) is 0 Å². The Bertz CT molecular complexity index is 429. The number of amides is 1. The van der Waals surface area contributed by atoms with Crippen molar-refractivity contribution in [1.29, 1.82) is 0 Å². The van der Waals surface area contributed by atoms with Gasteiger partial charge in [-0.15, -0.1) is 0 Å². The monoisotopic (exact) mass is 297 g/mol. The summed E-state index contributed by atoms with van der Waals surface area (Å²) in [5.41, 5.74) is 0.630. The molecule has 0 radical (unpaired) electrons. The molecule has 0 atom stereocenters. The van der Waals surface area contributed by atoms with Crippen LogP contribution in [-0.2, 0) is 0 Å². The number of rotatable bonds is 3. The maximum Gasteiger partial charge on any atom is 0.257 e. The summed E-state index contributed by atoms with van der Waals surface area (Å²) < 4.78 is 6.17. The highest BCUT2D eigenvalue weighted by atomic mass is 79.9. The van der Waals surface area contributed by atoms with Crippen LogP contribution in [0, 0.1) is 0 Å². The first-order valence-electron chi connectivity index (χ1n) is 5.74. The Labute approximate surface area is 110 Å². The summed E-state index contributed by atoms with van der Waals surface area (Å²) in [6.07, 6.45) is 3.45. The fourth-order valence-corrected chi connectivity index (χ4v) is 2.31. The molecular formula is C13H16BrNO2. The maximum atomic E-state index is 12.3. The summed E-state index contributed by atoms with van der Waals surface area (Å²) >= 11 is 3.37. The molecular weight excluding hydrogens is 282 g/mol. The van der Waals surface area contributed by atoms with Gasteiger partial charge in [-0.3, -0.25) is 4.79 Å². The average molecular weight is 298 g/mol. The number of hydrogen-bond acceptors (Lipinski definition) is 2. The Hall–Kier alpha value is -1.03. The van der Waals surface area contributed by atoms with Crippen molar-refractivity contribution in [3.05, 3.63) is 28.2 Å². The summed E-state index contributed by atoms with van der Waals surface area (Å²) in [5.74, 6) is 0.662. The minimum atomic E-state index is 0.0408. The van der Waals surface area contributed by atoms with Crippen LogP contribution in [-0.4, -0.2) is 31.0 Å². The Kier molecular flexibility index (Phi) is 3.72. The fraction of sp³-hybridized carbons (Fsp3) is 0.462. The molecule has 4 heteroatoms. The molecule has 0 bridgehead atoms. The van der Waals surface area contributed by atoms with E-state index in [0.29, 0.717) is 17.4 Å². The molecule has 1 fully saturated rings. The Morgan fingerprint density at radius 3 is 2.71 bits per heavy atom. The van der Waals surface area contributed by atoms with Crippen LogP contribution in [0.15, 0.2) is 22.7 Å². The van der Waals surface area contributed by atoms with Crippen molar-refractivity contribution >= 4 is 21.8 Å². The molecule has 1 saturated carbocycles. The predicted molar refractivity (Wildman–Crippen MR) is 70.4 cm³/mol. The molecule has 1 aromatic rings. The number of methoxy groups -OCH3 is 1. The Morgan fingerprint density at radius 1 is 1.47 bits per heavy atom. The number of carbonyl (C=O) groups excluding carboxylic acids is 1. The molecule has 0 aliphatic heterocycles. The molecule has 0 spiro atoms. The summed E-state index contributed by atoms with van der Waals surface area (Å²) in [6.45, 7) is 0. The fourth-order valence-electron chi connectivity index (χ4n) is 1.97. The second kappa shape index (κ2) is 5.08. The Balaban J connectivity index is 2.23. The highest BCUT2D eigenvalue weighted by molar-refractivity contribution is 9.10. The van der Waals surface area contributed by atoms with Crippen LogP contribution in [0.2, 0.25) is 0 Å². The second-order valence-corrected chi connectivity index (χ2v) is 5.26. The molecule has 2 rings (SSSR count). The van der Waals surface area contributed by atoms with Crippen LogP contribution < -0.4 is 4.74 Å². The average Bonchev–Trinajstić information content (AvgIpc) is 2.25. The second-order valence-electron chi connectivity index (χ2n) is 4.35. The van der Waals surface area contributed by atoms with Crippen LogP contribution in [0.25, 0.3) is 0 Å². The van der Waals surface area contributed by atoms with Crippen molar-refractivity contribution in [3.63, 3.8) is 0 Å². The zero-order valence-corrected chi connectivity index (χ0v) is 11.7. The lowest BCUT2D eigenvalue weighted by Gasteiger charge is -2.35. The molecule has 0 N–H and O–H groups in total. The molecule has 1 aliphatic carbocycles. The standard InChI is InChI=1S/C13H16BrNO2/c1-15(10-4-3-5-10)13(16)11-7-6-9(14)8-12(11)17-2/h6-8,10H,3-5H2,1-2H3. The van der Waals surface area contributed by atoms with E-state index < -0.39 is 0 Å². The first-order valence-corrected chi connectivity index (χ1v) is 6.53. The molecule has 92 valence electrons.